The number of carbonyl (C=O) groups is 2. The summed E-state index contributed by atoms with van der Waals surface area (Å²) in [6.45, 7) is 5.48. The molecule has 1 saturated heterocycles. The van der Waals surface area contributed by atoms with E-state index in [1.165, 1.54) is 6.08 Å². The molecule has 1 aliphatic heterocycles. The molecule has 1 unspecified atom stereocenters. The van der Waals surface area contributed by atoms with Gasteiger partial charge in [-0.15, -0.1) is 6.58 Å². The van der Waals surface area contributed by atoms with E-state index in [1.807, 2.05) is 0 Å². The van der Waals surface area contributed by atoms with Crippen LogP contribution < -0.4 is 5.32 Å². The van der Waals surface area contributed by atoms with Crippen LogP contribution in [-0.4, -0.2) is 54.9 Å². The molecule has 0 bridgehead atoms. The van der Waals surface area contributed by atoms with Gasteiger partial charge in [0.1, 0.15) is 6.04 Å². The summed E-state index contributed by atoms with van der Waals surface area (Å²) >= 11 is 0. The van der Waals surface area contributed by atoms with Crippen molar-refractivity contribution in [3.63, 3.8) is 0 Å². The normalized spacial score (nSPS) is 17.8. The third-order valence-corrected chi connectivity index (χ3v) is 3.30. The van der Waals surface area contributed by atoms with E-state index in [0.717, 1.165) is 12.8 Å². The number of hydrogen-bond donors (Lipinski definition) is 2. The molecule has 108 valence electrons. The Morgan fingerprint density at radius 1 is 1.53 bits per heavy atom. The number of aliphatic carboxylic acids is 1. The van der Waals surface area contributed by atoms with Crippen LogP contribution >= 0.6 is 0 Å². The van der Waals surface area contributed by atoms with E-state index in [0.29, 0.717) is 25.6 Å². The molecule has 2 N–H and O–H groups in total. The number of nitrogens with zero attached hydrogens (tertiary/aromatic N) is 1. The fourth-order valence-electron chi connectivity index (χ4n) is 2.17. The first-order valence-corrected chi connectivity index (χ1v) is 6.46. The number of piperidine rings is 1. The largest absolute Gasteiger partial charge is 0.480 e. The Morgan fingerprint density at radius 3 is 2.63 bits per heavy atom. The lowest BCUT2D eigenvalue weighted by Gasteiger charge is -2.32. The lowest BCUT2D eigenvalue weighted by Crippen LogP contribution is -2.50. The molecular formula is C13H22N2O4. The van der Waals surface area contributed by atoms with Crippen LogP contribution in [0.5, 0.6) is 0 Å². The molecule has 1 rings (SSSR count). The molecule has 1 atom stereocenters. The molecule has 2 amide bonds. The number of carboxylic acids is 1. The van der Waals surface area contributed by atoms with Crippen molar-refractivity contribution in [3.05, 3.63) is 12.7 Å². The molecule has 0 aromatic heterocycles. The van der Waals surface area contributed by atoms with E-state index in [1.54, 1.807) is 12.0 Å². The first-order valence-electron chi connectivity index (χ1n) is 6.46. The highest BCUT2D eigenvalue weighted by Crippen LogP contribution is 2.17. The third kappa shape index (κ3) is 4.90. The number of nitrogens with one attached hydrogen (secondary N) is 1. The maximum absolute atomic E-state index is 11.9. The van der Waals surface area contributed by atoms with Crippen LogP contribution in [-0.2, 0) is 9.53 Å². The molecule has 0 saturated carbocycles. The van der Waals surface area contributed by atoms with Crippen molar-refractivity contribution < 1.29 is 19.4 Å². The fourth-order valence-corrected chi connectivity index (χ4v) is 2.17. The summed E-state index contributed by atoms with van der Waals surface area (Å²) in [7, 11) is 1.67. The molecule has 0 aromatic carbocycles. The molecule has 0 radical (unpaired) electrons. The smallest absolute Gasteiger partial charge is 0.326 e. The van der Waals surface area contributed by atoms with Gasteiger partial charge < -0.3 is 20.1 Å². The Bertz CT molecular complexity index is 325. The van der Waals surface area contributed by atoms with Crippen LogP contribution in [0.15, 0.2) is 12.7 Å². The predicted molar refractivity (Wildman–Crippen MR) is 70.9 cm³/mol. The number of methoxy groups -OCH3 is 1. The van der Waals surface area contributed by atoms with E-state index < -0.39 is 12.0 Å². The van der Waals surface area contributed by atoms with Gasteiger partial charge in [0.2, 0.25) is 0 Å². The van der Waals surface area contributed by atoms with Gasteiger partial charge in [0.15, 0.2) is 0 Å². The molecule has 0 spiro atoms. The molecule has 1 fully saturated rings. The average Bonchev–Trinajstić information content (AvgIpc) is 2.39. The van der Waals surface area contributed by atoms with Crippen LogP contribution in [0.2, 0.25) is 0 Å². The predicted octanol–water partition coefficient (Wildman–Crippen LogP) is 1.08. The van der Waals surface area contributed by atoms with E-state index in [-0.39, 0.29) is 12.5 Å². The lowest BCUT2D eigenvalue weighted by molar-refractivity contribution is -0.139. The fraction of sp³-hybridized carbons (Fsp3) is 0.692. The molecule has 6 nitrogen and oxygen atoms in total. The second kappa shape index (κ2) is 7.78. The quantitative estimate of drug-likeness (QED) is 0.708. The topological polar surface area (TPSA) is 78.9 Å². The third-order valence-electron chi connectivity index (χ3n) is 3.30. The molecule has 1 heterocycles. The van der Waals surface area contributed by atoms with Crippen LogP contribution in [0, 0.1) is 5.92 Å². The summed E-state index contributed by atoms with van der Waals surface area (Å²) in [5.74, 6) is -0.556. The lowest BCUT2D eigenvalue weighted by atomic mass is 9.98. The number of amides is 2. The van der Waals surface area contributed by atoms with Gasteiger partial charge in [-0.05, 0) is 25.2 Å². The zero-order valence-corrected chi connectivity index (χ0v) is 11.3. The maximum Gasteiger partial charge on any atom is 0.326 e. The van der Waals surface area contributed by atoms with Crippen LogP contribution in [0.25, 0.3) is 0 Å². The van der Waals surface area contributed by atoms with Crippen molar-refractivity contribution in [1.82, 2.24) is 10.2 Å². The number of ether oxygens (including phenoxy) is 1. The van der Waals surface area contributed by atoms with Gasteiger partial charge in [-0.2, -0.15) is 0 Å². The Kier molecular flexibility index (Phi) is 6.35. The van der Waals surface area contributed by atoms with E-state index in [2.05, 4.69) is 11.9 Å². The summed E-state index contributed by atoms with van der Waals surface area (Å²) in [5.41, 5.74) is 0. The van der Waals surface area contributed by atoms with Gasteiger partial charge in [-0.1, -0.05) is 6.08 Å². The molecular weight excluding hydrogens is 248 g/mol. The summed E-state index contributed by atoms with van der Waals surface area (Å²) in [4.78, 5) is 24.5. The minimum Gasteiger partial charge on any atom is -0.480 e. The van der Waals surface area contributed by atoms with Crippen molar-refractivity contribution in [1.29, 1.82) is 0 Å². The zero-order valence-electron chi connectivity index (χ0n) is 11.3. The van der Waals surface area contributed by atoms with Gasteiger partial charge in [0, 0.05) is 26.8 Å². The van der Waals surface area contributed by atoms with Gasteiger partial charge in [0.05, 0.1) is 0 Å². The minimum absolute atomic E-state index is 0.223. The van der Waals surface area contributed by atoms with Crippen LogP contribution in [0.3, 0.4) is 0 Å². The molecule has 1 aliphatic rings. The number of hydrogen-bond acceptors (Lipinski definition) is 3. The van der Waals surface area contributed by atoms with E-state index in [9.17, 15) is 9.59 Å². The highest BCUT2D eigenvalue weighted by atomic mass is 16.5. The summed E-state index contributed by atoms with van der Waals surface area (Å²) in [6.07, 6.45) is 3.49. The first-order chi connectivity index (χ1) is 9.08. The van der Waals surface area contributed by atoms with Gasteiger partial charge in [-0.3, -0.25) is 0 Å². The van der Waals surface area contributed by atoms with Crippen molar-refractivity contribution in [3.8, 4) is 0 Å². The standard InChI is InChI=1S/C13H22N2O4/c1-3-4-11(12(16)17)14-13(18)15-7-5-10(6-8-15)9-19-2/h3,10-11H,1,4-9H2,2H3,(H,14,18)(H,16,17). The first kappa shape index (κ1) is 15.5. The van der Waals surface area contributed by atoms with Crippen LogP contribution in [0.1, 0.15) is 19.3 Å². The number of likely N-dealkylation sites (tertiary alicyclic amines) is 1. The monoisotopic (exact) mass is 270 g/mol. The van der Waals surface area contributed by atoms with Gasteiger partial charge in [-0.25, -0.2) is 9.59 Å². The van der Waals surface area contributed by atoms with E-state index >= 15 is 0 Å². The summed E-state index contributed by atoms with van der Waals surface area (Å²) < 4.78 is 5.10. The number of rotatable bonds is 6. The Labute approximate surface area is 113 Å². The average molecular weight is 270 g/mol. The zero-order chi connectivity index (χ0) is 14.3. The Hall–Kier alpha value is -1.56. The van der Waals surface area contributed by atoms with Crippen molar-refractivity contribution >= 4 is 12.0 Å². The molecule has 0 aliphatic carbocycles. The van der Waals surface area contributed by atoms with Crippen molar-refractivity contribution in [2.75, 3.05) is 26.8 Å². The number of urea groups is 1. The van der Waals surface area contributed by atoms with Crippen molar-refractivity contribution in [2.24, 2.45) is 5.92 Å². The molecule has 0 aromatic rings. The number of carboxylic acid groups (broad SMARTS) is 1. The Balaban J connectivity index is 2.42. The second-order valence-corrected chi connectivity index (χ2v) is 4.75. The van der Waals surface area contributed by atoms with Gasteiger partial charge >= 0.3 is 12.0 Å². The SMILES string of the molecule is C=CCC(NC(=O)N1CCC(COC)CC1)C(=O)O. The van der Waals surface area contributed by atoms with Crippen molar-refractivity contribution in [2.45, 2.75) is 25.3 Å². The van der Waals surface area contributed by atoms with Crippen LogP contribution in [0.4, 0.5) is 4.79 Å². The summed E-state index contributed by atoms with van der Waals surface area (Å²) in [6, 6.07) is -1.22. The summed E-state index contributed by atoms with van der Waals surface area (Å²) in [5, 5.41) is 11.5. The minimum atomic E-state index is -1.04. The number of carbonyl (C=O) groups excluding carboxylic acids is 1. The van der Waals surface area contributed by atoms with E-state index in [4.69, 9.17) is 9.84 Å². The second-order valence-electron chi connectivity index (χ2n) is 4.75. The Morgan fingerprint density at radius 2 is 2.16 bits per heavy atom. The van der Waals surface area contributed by atoms with Gasteiger partial charge in [0.25, 0.3) is 0 Å². The molecule has 6 heteroatoms. The maximum atomic E-state index is 11.9. The highest BCUT2D eigenvalue weighted by molar-refractivity contribution is 5.82. The highest BCUT2D eigenvalue weighted by Gasteiger charge is 2.25. The molecule has 19 heavy (non-hydrogen) atoms.